The van der Waals surface area contributed by atoms with E-state index in [0.29, 0.717) is 24.1 Å². The van der Waals surface area contributed by atoms with E-state index >= 15 is 0 Å². The summed E-state index contributed by atoms with van der Waals surface area (Å²) in [6.07, 6.45) is 1.30. The molecule has 1 atom stereocenters. The molecule has 0 aliphatic carbocycles. The van der Waals surface area contributed by atoms with Crippen LogP contribution in [0.25, 0.3) is 0 Å². The Morgan fingerprint density at radius 2 is 1.95 bits per heavy atom. The van der Waals surface area contributed by atoms with E-state index < -0.39 is 9.84 Å². The summed E-state index contributed by atoms with van der Waals surface area (Å²) >= 11 is 0. The zero-order valence-corrected chi connectivity index (χ0v) is 11.2. The van der Waals surface area contributed by atoms with Gasteiger partial charge in [0.15, 0.2) is 9.84 Å². The van der Waals surface area contributed by atoms with Crippen molar-refractivity contribution in [2.75, 3.05) is 16.9 Å². The van der Waals surface area contributed by atoms with Gasteiger partial charge in [-0.2, -0.15) is 0 Å². The number of rotatable bonds is 3. The molecule has 4 N–H and O–H groups in total. The van der Waals surface area contributed by atoms with Gasteiger partial charge in [-0.15, -0.1) is 0 Å². The lowest BCUT2D eigenvalue weighted by atomic mass is 10.1. The molecule has 1 aliphatic heterocycles. The second-order valence-corrected chi connectivity index (χ2v) is 6.88. The van der Waals surface area contributed by atoms with Crippen LogP contribution in [0.1, 0.15) is 23.2 Å². The number of hydrogen-bond acceptors (Lipinski definition) is 5. The molecule has 1 heterocycles. The fraction of sp³-hybridized carbons (Fsp3) is 0.417. The monoisotopic (exact) mass is 283 g/mol. The topological polar surface area (TPSA) is 101 Å². The van der Waals surface area contributed by atoms with Crippen LogP contribution in [0.5, 0.6) is 0 Å². The molecule has 19 heavy (non-hydrogen) atoms. The zero-order chi connectivity index (χ0) is 13.9. The lowest BCUT2D eigenvalue weighted by molar-refractivity contribution is 0.0938. The Hall–Kier alpha value is -1.60. The highest BCUT2D eigenvalue weighted by molar-refractivity contribution is 7.91. The van der Waals surface area contributed by atoms with Crippen molar-refractivity contribution in [2.24, 2.45) is 5.84 Å². The number of sulfone groups is 1. The standard InChI is InChI=1S/C12H17N3O3S/c13-15-10-5-3-9(4-6-10)12(16)14-11-2-1-7-19(17,18)8-11/h3-6,11,15H,1-2,7-8,13H2,(H,14,16). The normalized spacial score (nSPS) is 21.6. The van der Waals surface area contributed by atoms with Crippen LogP contribution in [-0.4, -0.2) is 31.9 Å². The van der Waals surface area contributed by atoms with Gasteiger partial charge in [-0.3, -0.25) is 10.6 Å². The molecule has 1 aromatic rings. The van der Waals surface area contributed by atoms with E-state index in [2.05, 4.69) is 10.7 Å². The summed E-state index contributed by atoms with van der Waals surface area (Å²) in [7, 11) is -3.01. The minimum absolute atomic E-state index is 0.0289. The first-order chi connectivity index (χ1) is 9.00. The molecule has 1 aliphatic rings. The van der Waals surface area contributed by atoms with Gasteiger partial charge >= 0.3 is 0 Å². The Bertz CT molecular complexity index is 554. The van der Waals surface area contributed by atoms with Gasteiger partial charge in [-0.25, -0.2) is 8.42 Å². The molecule has 0 radical (unpaired) electrons. The minimum atomic E-state index is -3.01. The highest BCUT2D eigenvalue weighted by Crippen LogP contribution is 2.13. The fourth-order valence-corrected chi connectivity index (χ4v) is 3.76. The van der Waals surface area contributed by atoms with Gasteiger partial charge in [0, 0.05) is 17.3 Å². The maximum atomic E-state index is 12.0. The average molecular weight is 283 g/mol. The van der Waals surface area contributed by atoms with E-state index in [1.54, 1.807) is 24.3 Å². The summed E-state index contributed by atoms with van der Waals surface area (Å²) in [4.78, 5) is 12.0. The van der Waals surface area contributed by atoms with Crippen molar-refractivity contribution in [3.05, 3.63) is 29.8 Å². The molecule has 7 heteroatoms. The Balaban J connectivity index is 2.00. The van der Waals surface area contributed by atoms with Crippen molar-refractivity contribution in [1.82, 2.24) is 5.32 Å². The Morgan fingerprint density at radius 1 is 1.26 bits per heavy atom. The molecule has 0 saturated carbocycles. The quantitative estimate of drug-likeness (QED) is 0.546. The zero-order valence-electron chi connectivity index (χ0n) is 10.4. The number of carbonyl (C=O) groups is 1. The summed E-state index contributed by atoms with van der Waals surface area (Å²) in [5, 5.41) is 2.76. The number of benzene rings is 1. The van der Waals surface area contributed by atoms with Crippen LogP contribution in [0.3, 0.4) is 0 Å². The van der Waals surface area contributed by atoms with E-state index in [4.69, 9.17) is 5.84 Å². The molecule has 1 amide bonds. The number of nitrogens with two attached hydrogens (primary N) is 1. The second kappa shape index (κ2) is 5.58. The van der Waals surface area contributed by atoms with Crippen molar-refractivity contribution < 1.29 is 13.2 Å². The van der Waals surface area contributed by atoms with E-state index in [-0.39, 0.29) is 23.5 Å². The Kier molecular flexibility index (Phi) is 4.06. The van der Waals surface area contributed by atoms with Crippen LogP contribution < -0.4 is 16.6 Å². The summed E-state index contributed by atoms with van der Waals surface area (Å²) in [5.74, 6) is 5.23. The predicted molar refractivity (Wildman–Crippen MR) is 73.4 cm³/mol. The number of amides is 1. The van der Waals surface area contributed by atoms with Crippen molar-refractivity contribution >= 4 is 21.4 Å². The van der Waals surface area contributed by atoms with Crippen molar-refractivity contribution in [2.45, 2.75) is 18.9 Å². The van der Waals surface area contributed by atoms with Crippen molar-refractivity contribution in [3.8, 4) is 0 Å². The average Bonchev–Trinajstić information content (AvgIpc) is 2.37. The third-order valence-electron chi connectivity index (χ3n) is 3.11. The molecule has 1 saturated heterocycles. The summed E-state index contributed by atoms with van der Waals surface area (Å²) < 4.78 is 23.0. The third kappa shape index (κ3) is 3.68. The van der Waals surface area contributed by atoms with E-state index in [9.17, 15) is 13.2 Å². The van der Waals surface area contributed by atoms with Crippen molar-refractivity contribution in [1.29, 1.82) is 0 Å². The smallest absolute Gasteiger partial charge is 0.251 e. The van der Waals surface area contributed by atoms with Crippen LogP contribution in [-0.2, 0) is 9.84 Å². The van der Waals surface area contributed by atoms with Crippen LogP contribution in [0, 0.1) is 0 Å². The molecular formula is C12H17N3O3S. The van der Waals surface area contributed by atoms with Gasteiger partial charge in [0.25, 0.3) is 5.91 Å². The number of nitrogens with one attached hydrogen (secondary N) is 2. The van der Waals surface area contributed by atoms with Crippen LogP contribution in [0.4, 0.5) is 5.69 Å². The maximum absolute atomic E-state index is 12.0. The second-order valence-electron chi connectivity index (χ2n) is 4.65. The SMILES string of the molecule is NNc1ccc(C(=O)NC2CCCS(=O)(=O)C2)cc1. The van der Waals surface area contributed by atoms with Crippen molar-refractivity contribution in [3.63, 3.8) is 0 Å². The molecule has 0 aromatic heterocycles. The predicted octanol–water partition coefficient (Wildman–Crippen LogP) is 0.279. The molecule has 2 rings (SSSR count). The maximum Gasteiger partial charge on any atom is 0.251 e. The molecule has 1 aromatic carbocycles. The van der Waals surface area contributed by atoms with Gasteiger partial charge in [0.05, 0.1) is 11.5 Å². The molecule has 1 fully saturated rings. The first-order valence-corrected chi connectivity index (χ1v) is 7.90. The lowest BCUT2D eigenvalue weighted by Crippen LogP contribution is -2.43. The Morgan fingerprint density at radius 3 is 2.53 bits per heavy atom. The highest BCUT2D eigenvalue weighted by Gasteiger charge is 2.26. The molecule has 6 nitrogen and oxygen atoms in total. The number of hydrogen-bond donors (Lipinski definition) is 3. The summed E-state index contributed by atoms with van der Waals surface area (Å²) in [6.45, 7) is 0. The Labute approximate surface area is 112 Å². The lowest BCUT2D eigenvalue weighted by Gasteiger charge is -2.23. The molecule has 0 bridgehead atoms. The van der Waals surface area contributed by atoms with Crippen LogP contribution >= 0.6 is 0 Å². The molecule has 0 spiro atoms. The van der Waals surface area contributed by atoms with Gasteiger partial charge < -0.3 is 10.7 Å². The van der Waals surface area contributed by atoms with Gasteiger partial charge in [0.1, 0.15) is 0 Å². The number of hydrazine groups is 1. The largest absolute Gasteiger partial charge is 0.348 e. The molecule has 104 valence electrons. The summed E-state index contributed by atoms with van der Waals surface area (Å²) in [5.41, 5.74) is 3.67. The first kappa shape index (κ1) is 13.8. The first-order valence-electron chi connectivity index (χ1n) is 6.08. The van der Waals surface area contributed by atoms with Gasteiger partial charge in [0.2, 0.25) is 0 Å². The summed E-state index contributed by atoms with van der Waals surface area (Å²) in [6, 6.07) is 6.36. The number of anilines is 1. The number of nitrogen functional groups attached to an aromatic ring is 1. The van der Waals surface area contributed by atoms with E-state index in [1.807, 2.05) is 0 Å². The third-order valence-corrected chi connectivity index (χ3v) is 4.93. The van der Waals surface area contributed by atoms with E-state index in [0.717, 1.165) is 0 Å². The fourth-order valence-electron chi connectivity index (χ4n) is 2.12. The van der Waals surface area contributed by atoms with Crippen LogP contribution in [0.15, 0.2) is 24.3 Å². The number of carbonyl (C=O) groups excluding carboxylic acids is 1. The van der Waals surface area contributed by atoms with Gasteiger partial charge in [-0.05, 0) is 37.1 Å². The molecule has 1 unspecified atom stereocenters. The highest BCUT2D eigenvalue weighted by atomic mass is 32.2. The minimum Gasteiger partial charge on any atom is -0.348 e. The van der Waals surface area contributed by atoms with Crippen LogP contribution in [0.2, 0.25) is 0 Å². The van der Waals surface area contributed by atoms with Gasteiger partial charge in [-0.1, -0.05) is 0 Å². The van der Waals surface area contributed by atoms with E-state index in [1.165, 1.54) is 0 Å². The molecular weight excluding hydrogens is 266 g/mol.